The lowest BCUT2D eigenvalue weighted by molar-refractivity contribution is 0.0299. The van der Waals surface area contributed by atoms with Crippen LogP contribution in [-0.4, -0.2) is 115 Å². The van der Waals surface area contributed by atoms with Crippen molar-refractivity contribution in [3.05, 3.63) is 177 Å². The van der Waals surface area contributed by atoms with Gasteiger partial charge in [-0.15, -0.1) is 0 Å². The highest BCUT2D eigenvalue weighted by atomic mass is 35.5. The molecule has 2 saturated heterocycles. The Hall–Kier alpha value is -6.88. The Morgan fingerprint density at radius 3 is 1.48 bits per heavy atom. The third-order valence-electron chi connectivity index (χ3n) is 10.8. The third kappa shape index (κ3) is 10.7. The summed E-state index contributed by atoms with van der Waals surface area (Å²) >= 11 is 11.9. The molecule has 17 heteroatoms. The molecular weight excluding hydrogens is 871 g/mol. The zero-order valence-electron chi connectivity index (χ0n) is 35.0. The van der Waals surface area contributed by atoms with Crippen molar-refractivity contribution in [1.29, 1.82) is 0 Å². The Kier molecular flexibility index (Phi) is 14.3. The molecule has 4 aromatic heterocycles. The van der Waals surface area contributed by atoms with E-state index in [0.29, 0.717) is 66.3 Å². The van der Waals surface area contributed by atoms with Crippen molar-refractivity contribution in [2.24, 2.45) is 0 Å². The number of ether oxygens (including phenoxy) is 2. The number of carboxylic acid groups (broad SMARTS) is 1. The van der Waals surface area contributed by atoms with Gasteiger partial charge in [-0.3, -0.25) is 14.4 Å². The Morgan fingerprint density at radius 1 is 0.600 bits per heavy atom. The summed E-state index contributed by atoms with van der Waals surface area (Å²) in [6.07, 6.45) is 6.18. The van der Waals surface area contributed by atoms with Crippen molar-refractivity contribution in [3.8, 4) is 0 Å². The van der Waals surface area contributed by atoms with Gasteiger partial charge in [0, 0.05) is 83.5 Å². The molecule has 0 aliphatic carbocycles. The molecule has 0 radical (unpaired) electrons. The molecule has 0 bridgehead atoms. The minimum atomic E-state index is -1.16. The average Bonchev–Trinajstić information content (AvgIpc) is 4.18. The molecule has 1 amide bonds. The second-order valence-electron chi connectivity index (χ2n) is 15.1. The Bertz CT molecular complexity index is 2930. The molecule has 10 rings (SSSR count). The molecule has 4 N–H and O–H groups in total. The molecule has 65 heavy (non-hydrogen) atoms. The number of carbonyl (C=O) groups is 4. The van der Waals surface area contributed by atoms with E-state index in [4.69, 9.17) is 37.8 Å². The van der Waals surface area contributed by atoms with Gasteiger partial charge in [0.2, 0.25) is 11.6 Å². The minimum Gasteiger partial charge on any atom is -0.477 e. The molecule has 332 valence electrons. The van der Waals surface area contributed by atoms with Gasteiger partial charge in [0.05, 0.1) is 49.9 Å². The number of aromatic carboxylic acids is 1. The van der Waals surface area contributed by atoms with E-state index in [2.05, 4.69) is 25.3 Å². The van der Waals surface area contributed by atoms with E-state index < -0.39 is 5.97 Å². The van der Waals surface area contributed by atoms with Crippen LogP contribution < -0.4 is 5.32 Å². The number of halogens is 2. The van der Waals surface area contributed by atoms with Crippen LogP contribution in [0.3, 0.4) is 0 Å². The number of fused-ring (bicyclic) bond motifs is 2. The van der Waals surface area contributed by atoms with Gasteiger partial charge in [0.25, 0.3) is 5.91 Å². The fraction of sp³-hybridized carbons (Fsp3) is 0.208. The van der Waals surface area contributed by atoms with Gasteiger partial charge < -0.3 is 43.9 Å². The van der Waals surface area contributed by atoms with Crippen LogP contribution in [0.2, 0.25) is 10.0 Å². The van der Waals surface area contributed by atoms with Gasteiger partial charge >= 0.3 is 5.97 Å². The first kappa shape index (κ1) is 44.7. The summed E-state index contributed by atoms with van der Waals surface area (Å²) in [5.41, 5.74) is 5.15. The summed E-state index contributed by atoms with van der Waals surface area (Å²) in [5.74, 6) is -1.79. The zero-order valence-corrected chi connectivity index (χ0v) is 36.5. The summed E-state index contributed by atoms with van der Waals surface area (Å²) in [5, 5.41) is 15.1. The minimum absolute atomic E-state index is 0.00166. The van der Waals surface area contributed by atoms with Crippen LogP contribution in [0.25, 0.3) is 21.8 Å². The number of rotatable bonds is 10. The van der Waals surface area contributed by atoms with Crippen LogP contribution in [0, 0.1) is 0 Å². The van der Waals surface area contributed by atoms with Crippen molar-refractivity contribution in [2.75, 3.05) is 52.6 Å². The smallest absolute Gasteiger partial charge is 0.353 e. The van der Waals surface area contributed by atoms with Crippen LogP contribution in [0.5, 0.6) is 0 Å². The molecular formula is C48H44Cl2N8O7. The predicted octanol–water partition coefficient (Wildman–Crippen LogP) is 7.37. The van der Waals surface area contributed by atoms with Crippen LogP contribution >= 0.6 is 23.2 Å². The quantitative estimate of drug-likeness (QED) is 0.101. The molecule has 0 saturated carbocycles. The van der Waals surface area contributed by atoms with E-state index in [1.165, 1.54) is 6.20 Å². The maximum absolute atomic E-state index is 13.3. The van der Waals surface area contributed by atoms with Gasteiger partial charge in [-0.2, -0.15) is 0 Å². The fourth-order valence-electron chi connectivity index (χ4n) is 7.49. The summed E-state index contributed by atoms with van der Waals surface area (Å²) < 4.78 is 14.3. The average molecular weight is 916 g/mol. The van der Waals surface area contributed by atoms with Crippen molar-refractivity contribution in [1.82, 2.24) is 39.3 Å². The number of imidazole rings is 2. The number of carboxylic acids is 1. The highest BCUT2D eigenvalue weighted by molar-refractivity contribution is 6.30. The lowest BCUT2D eigenvalue weighted by Crippen LogP contribution is -2.40. The van der Waals surface area contributed by atoms with E-state index in [9.17, 15) is 19.2 Å². The Labute approximate surface area is 382 Å². The maximum Gasteiger partial charge on any atom is 0.353 e. The first-order valence-corrected chi connectivity index (χ1v) is 21.6. The molecule has 0 atom stereocenters. The van der Waals surface area contributed by atoms with E-state index in [1.54, 1.807) is 11.1 Å². The lowest BCUT2D eigenvalue weighted by atomic mass is 10.1. The molecule has 15 nitrogen and oxygen atoms in total. The SMILES string of the molecule is C1COCCN1.O=C(O)c1cnc(C(=O)c2cn(Cc3ccc(Cl)cc3)c3ccccc23)[nH]1.O=C(c1ncc(C(=O)N2CCOCC2)[nH]1)c1cn(Cc2ccc(Cl)cc2)c2ccccc12. The number of nitrogens with zero attached hydrogens (tertiary/aromatic N) is 5. The summed E-state index contributed by atoms with van der Waals surface area (Å²) in [4.78, 5) is 65.2. The van der Waals surface area contributed by atoms with E-state index >= 15 is 0 Å². The zero-order chi connectivity index (χ0) is 45.3. The monoisotopic (exact) mass is 914 g/mol. The first-order valence-electron chi connectivity index (χ1n) is 20.9. The van der Waals surface area contributed by atoms with Crippen molar-refractivity contribution >= 4 is 68.5 Å². The topological polar surface area (TPSA) is 189 Å². The van der Waals surface area contributed by atoms with Crippen LogP contribution in [0.15, 0.2) is 122 Å². The molecule has 8 aromatic rings. The van der Waals surface area contributed by atoms with Gasteiger partial charge in [-0.25, -0.2) is 14.8 Å². The maximum atomic E-state index is 13.3. The van der Waals surface area contributed by atoms with Gasteiger partial charge in [0.15, 0.2) is 11.6 Å². The van der Waals surface area contributed by atoms with Gasteiger partial charge in [-0.05, 0) is 47.5 Å². The first-order chi connectivity index (χ1) is 31.6. The number of para-hydroxylation sites is 2. The number of morpholine rings is 2. The second kappa shape index (κ2) is 20.7. The van der Waals surface area contributed by atoms with Crippen molar-refractivity contribution in [3.63, 3.8) is 0 Å². The van der Waals surface area contributed by atoms with Gasteiger partial charge in [-0.1, -0.05) is 83.9 Å². The number of nitrogens with one attached hydrogen (secondary N) is 3. The van der Waals surface area contributed by atoms with Crippen molar-refractivity contribution in [2.45, 2.75) is 13.1 Å². The largest absolute Gasteiger partial charge is 0.477 e. The number of hydrogen-bond donors (Lipinski definition) is 4. The molecule has 2 aliphatic rings. The highest BCUT2D eigenvalue weighted by Gasteiger charge is 2.25. The van der Waals surface area contributed by atoms with Crippen LogP contribution in [-0.2, 0) is 22.6 Å². The number of H-pyrrole nitrogens is 2. The van der Waals surface area contributed by atoms with E-state index in [-0.39, 0.29) is 34.8 Å². The summed E-state index contributed by atoms with van der Waals surface area (Å²) in [7, 11) is 0. The number of carbonyl (C=O) groups excluding carboxylic acids is 3. The number of ketones is 2. The molecule has 0 spiro atoms. The normalized spacial score (nSPS) is 13.7. The number of aromatic amines is 2. The van der Waals surface area contributed by atoms with Crippen LogP contribution in [0.4, 0.5) is 0 Å². The Balaban J connectivity index is 0.000000159. The summed E-state index contributed by atoms with van der Waals surface area (Å²) in [6, 6.07) is 30.5. The molecule has 4 aromatic carbocycles. The van der Waals surface area contributed by atoms with E-state index in [1.807, 2.05) is 112 Å². The van der Waals surface area contributed by atoms with Crippen molar-refractivity contribution < 1.29 is 33.8 Å². The Morgan fingerprint density at radius 2 is 1.05 bits per heavy atom. The molecule has 6 heterocycles. The third-order valence-corrected chi connectivity index (χ3v) is 11.3. The molecule has 2 fully saturated rings. The molecule has 0 unspecified atom stereocenters. The number of aromatic nitrogens is 6. The van der Waals surface area contributed by atoms with Crippen LogP contribution in [0.1, 0.15) is 64.5 Å². The lowest BCUT2D eigenvalue weighted by Gasteiger charge is -2.26. The van der Waals surface area contributed by atoms with E-state index in [0.717, 1.165) is 65.4 Å². The highest BCUT2D eigenvalue weighted by Crippen LogP contribution is 2.27. The predicted molar refractivity (Wildman–Crippen MR) is 246 cm³/mol. The number of benzene rings is 4. The molecule has 2 aliphatic heterocycles. The number of amides is 1. The van der Waals surface area contributed by atoms with Gasteiger partial charge in [0.1, 0.15) is 11.4 Å². The number of hydrogen-bond acceptors (Lipinski definition) is 9. The second-order valence-corrected chi connectivity index (χ2v) is 16.0. The fourth-order valence-corrected chi connectivity index (χ4v) is 7.74. The standard InChI is InChI=1S/C24H21ClN4O3.C20H14ClN3O3.C4H9NO/c25-17-7-5-16(6-8-17)14-29-15-19(18-3-1-2-4-21(18)29)22(30)23-26-13-20(27-23)24(31)28-9-11-32-12-10-28;21-13-7-5-12(6-8-13)10-24-11-15(14-3-1-2-4-17(14)24)18(25)19-22-9-16(23-19)20(26)27;1-3-6-4-2-5-1/h1-8,13,15H,9-12,14H2,(H,26,27);1-9,11H,10H2,(H,22,23)(H,26,27);5H,1-4H2. The summed E-state index contributed by atoms with van der Waals surface area (Å²) in [6.45, 7) is 7.09.